The fraction of sp³-hybridized carbons (Fsp3) is 0.545. The molecule has 0 radical (unpaired) electrons. The second-order valence-corrected chi connectivity index (χ2v) is 7.92. The van der Waals surface area contributed by atoms with Crippen LogP contribution in [0.1, 0.15) is 36.6 Å². The van der Waals surface area contributed by atoms with Crippen LogP contribution in [0.15, 0.2) is 36.7 Å². The van der Waals surface area contributed by atoms with Crippen molar-refractivity contribution in [2.45, 2.75) is 38.6 Å². The molecule has 6 nitrogen and oxygen atoms in total. The number of rotatable bonds is 8. The van der Waals surface area contributed by atoms with Crippen molar-refractivity contribution in [3.8, 4) is 5.75 Å². The van der Waals surface area contributed by atoms with E-state index in [1.165, 1.54) is 0 Å². The summed E-state index contributed by atoms with van der Waals surface area (Å²) in [6, 6.07) is 7.81. The molecule has 1 aromatic heterocycles. The van der Waals surface area contributed by atoms with Gasteiger partial charge in [-0.25, -0.2) is 4.98 Å². The molecule has 1 amide bonds. The molecule has 1 aliphatic rings. The standard InChI is InChI=1S/C22H32N4O2/c1-18-7-4-9-20(15-18)28-17-21(27)26-12-5-8-19(16-26)22-23-10-14-25(22)13-6-11-24(2)3/h4,7,9-10,14-15,19H,5-6,8,11-13,16-17H2,1-3H3. The minimum atomic E-state index is 0.0527. The van der Waals surface area contributed by atoms with E-state index in [1.807, 2.05) is 42.3 Å². The van der Waals surface area contributed by atoms with Gasteiger partial charge in [-0.15, -0.1) is 0 Å². The van der Waals surface area contributed by atoms with E-state index in [9.17, 15) is 4.79 Å². The number of ether oxygens (including phenoxy) is 1. The molecule has 0 saturated carbocycles. The van der Waals surface area contributed by atoms with Gasteiger partial charge in [0, 0.05) is 37.9 Å². The van der Waals surface area contributed by atoms with E-state index < -0.39 is 0 Å². The Morgan fingerprint density at radius 1 is 1.36 bits per heavy atom. The van der Waals surface area contributed by atoms with Gasteiger partial charge < -0.3 is 19.1 Å². The summed E-state index contributed by atoms with van der Waals surface area (Å²) in [5, 5.41) is 0. The summed E-state index contributed by atoms with van der Waals surface area (Å²) in [6.45, 7) is 5.66. The van der Waals surface area contributed by atoms with Crippen LogP contribution in [0.3, 0.4) is 0 Å². The Morgan fingerprint density at radius 2 is 2.21 bits per heavy atom. The summed E-state index contributed by atoms with van der Waals surface area (Å²) in [5.41, 5.74) is 1.13. The lowest BCUT2D eigenvalue weighted by Gasteiger charge is -2.32. The van der Waals surface area contributed by atoms with E-state index in [0.717, 1.165) is 62.6 Å². The number of hydrogen-bond donors (Lipinski definition) is 0. The van der Waals surface area contributed by atoms with Gasteiger partial charge in [-0.3, -0.25) is 4.79 Å². The third-order valence-electron chi connectivity index (χ3n) is 5.24. The van der Waals surface area contributed by atoms with Crippen LogP contribution in [0.5, 0.6) is 5.75 Å². The molecular formula is C22H32N4O2. The Labute approximate surface area is 168 Å². The van der Waals surface area contributed by atoms with Gasteiger partial charge in [-0.1, -0.05) is 12.1 Å². The molecule has 1 aliphatic heterocycles. The van der Waals surface area contributed by atoms with Crippen LogP contribution in [-0.4, -0.2) is 65.6 Å². The summed E-state index contributed by atoms with van der Waals surface area (Å²) in [7, 11) is 4.19. The maximum atomic E-state index is 12.7. The zero-order chi connectivity index (χ0) is 19.9. The number of aromatic nitrogens is 2. The molecule has 0 N–H and O–H groups in total. The van der Waals surface area contributed by atoms with Crippen molar-refractivity contribution in [3.63, 3.8) is 0 Å². The van der Waals surface area contributed by atoms with Gasteiger partial charge in [-0.2, -0.15) is 0 Å². The molecule has 2 heterocycles. The number of aryl methyl sites for hydroxylation is 2. The van der Waals surface area contributed by atoms with E-state index in [1.54, 1.807) is 0 Å². The average molecular weight is 385 g/mol. The normalized spacial score (nSPS) is 17.1. The molecule has 0 aliphatic carbocycles. The third kappa shape index (κ3) is 5.58. The average Bonchev–Trinajstić information content (AvgIpc) is 3.14. The number of piperidine rings is 1. The summed E-state index contributed by atoms with van der Waals surface area (Å²) >= 11 is 0. The van der Waals surface area contributed by atoms with E-state index in [4.69, 9.17) is 4.74 Å². The third-order valence-corrected chi connectivity index (χ3v) is 5.24. The fourth-order valence-electron chi connectivity index (χ4n) is 3.78. The summed E-state index contributed by atoms with van der Waals surface area (Å²) in [4.78, 5) is 21.4. The number of carbonyl (C=O) groups excluding carboxylic acids is 1. The highest BCUT2D eigenvalue weighted by Crippen LogP contribution is 2.26. The molecule has 152 valence electrons. The molecule has 1 aromatic carbocycles. The highest BCUT2D eigenvalue weighted by Gasteiger charge is 2.27. The summed E-state index contributed by atoms with van der Waals surface area (Å²) < 4.78 is 7.97. The number of nitrogens with zero attached hydrogens (tertiary/aromatic N) is 4. The zero-order valence-electron chi connectivity index (χ0n) is 17.3. The molecule has 0 bridgehead atoms. The van der Waals surface area contributed by atoms with Crippen LogP contribution < -0.4 is 4.74 Å². The van der Waals surface area contributed by atoms with Gasteiger partial charge >= 0.3 is 0 Å². The first-order chi connectivity index (χ1) is 13.5. The Balaban J connectivity index is 1.55. The summed E-state index contributed by atoms with van der Waals surface area (Å²) in [5.74, 6) is 2.21. The predicted octanol–water partition coefficient (Wildman–Crippen LogP) is 2.93. The minimum Gasteiger partial charge on any atom is -0.484 e. The Morgan fingerprint density at radius 3 is 3.00 bits per heavy atom. The van der Waals surface area contributed by atoms with E-state index >= 15 is 0 Å². The van der Waals surface area contributed by atoms with Gasteiger partial charge in [0.1, 0.15) is 11.6 Å². The second-order valence-electron chi connectivity index (χ2n) is 7.92. The molecule has 6 heteroatoms. The van der Waals surface area contributed by atoms with Crippen LogP contribution in [0.2, 0.25) is 0 Å². The van der Waals surface area contributed by atoms with Crippen LogP contribution in [0.25, 0.3) is 0 Å². The van der Waals surface area contributed by atoms with Crippen LogP contribution in [0, 0.1) is 6.92 Å². The number of imidazole rings is 1. The lowest BCUT2D eigenvalue weighted by atomic mass is 9.97. The molecular weight excluding hydrogens is 352 g/mol. The minimum absolute atomic E-state index is 0.0527. The first kappa shape index (κ1) is 20.4. The van der Waals surface area contributed by atoms with Crippen molar-refractivity contribution in [2.75, 3.05) is 40.3 Å². The summed E-state index contributed by atoms with van der Waals surface area (Å²) in [6.07, 6.45) is 7.12. The highest BCUT2D eigenvalue weighted by atomic mass is 16.5. The largest absolute Gasteiger partial charge is 0.484 e. The molecule has 1 unspecified atom stereocenters. The molecule has 2 aromatic rings. The van der Waals surface area contributed by atoms with Crippen molar-refractivity contribution in [1.82, 2.24) is 19.4 Å². The first-order valence-corrected chi connectivity index (χ1v) is 10.2. The van der Waals surface area contributed by atoms with Crippen molar-refractivity contribution < 1.29 is 9.53 Å². The topological polar surface area (TPSA) is 50.6 Å². The second kappa shape index (κ2) is 9.73. The highest BCUT2D eigenvalue weighted by molar-refractivity contribution is 5.78. The van der Waals surface area contributed by atoms with Crippen molar-refractivity contribution in [3.05, 3.63) is 48.0 Å². The number of likely N-dealkylation sites (tertiary alicyclic amines) is 1. The Kier molecular flexibility index (Phi) is 7.09. The van der Waals surface area contributed by atoms with Crippen LogP contribution >= 0.6 is 0 Å². The Bertz CT molecular complexity index is 771. The molecule has 1 saturated heterocycles. The number of hydrogen-bond acceptors (Lipinski definition) is 4. The number of carbonyl (C=O) groups is 1. The smallest absolute Gasteiger partial charge is 0.260 e. The SMILES string of the molecule is Cc1cccc(OCC(=O)N2CCCC(c3nccn3CCCN(C)C)C2)c1. The molecule has 28 heavy (non-hydrogen) atoms. The van der Waals surface area contributed by atoms with Gasteiger partial charge in [0.15, 0.2) is 6.61 Å². The lowest BCUT2D eigenvalue weighted by molar-refractivity contribution is -0.134. The molecule has 0 spiro atoms. The van der Waals surface area contributed by atoms with Crippen LogP contribution in [-0.2, 0) is 11.3 Å². The van der Waals surface area contributed by atoms with E-state index in [2.05, 4.69) is 34.7 Å². The maximum Gasteiger partial charge on any atom is 0.260 e. The van der Waals surface area contributed by atoms with Gasteiger partial charge in [0.25, 0.3) is 5.91 Å². The van der Waals surface area contributed by atoms with E-state index in [0.29, 0.717) is 5.92 Å². The van der Waals surface area contributed by atoms with Gasteiger partial charge in [-0.05, 0) is 64.5 Å². The van der Waals surface area contributed by atoms with Crippen molar-refractivity contribution in [1.29, 1.82) is 0 Å². The first-order valence-electron chi connectivity index (χ1n) is 10.2. The zero-order valence-corrected chi connectivity index (χ0v) is 17.3. The monoisotopic (exact) mass is 384 g/mol. The van der Waals surface area contributed by atoms with E-state index in [-0.39, 0.29) is 12.5 Å². The number of amides is 1. The van der Waals surface area contributed by atoms with Crippen molar-refractivity contribution in [2.24, 2.45) is 0 Å². The van der Waals surface area contributed by atoms with Gasteiger partial charge in [0.2, 0.25) is 0 Å². The molecule has 1 fully saturated rings. The Hall–Kier alpha value is -2.34. The predicted molar refractivity (Wildman–Crippen MR) is 111 cm³/mol. The van der Waals surface area contributed by atoms with Crippen molar-refractivity contribution >= 4 is 5.91 Å². The molecule has 3 rings (SSSR count). The quantitative estimate of drug-likeness (QED) is 0.702. The van der Waals surface area contributed by atoms with Crippen LogP contribution in [0.4, 0.5) is 0 Å². The fourth-order valence-corrected chi connectivity index (χ4v) is 3.78. The lowest BCUT2D eigenvalue weighted by Crippen LogP contribution is -2.42. The van der Waals surface area contributed by atoms with Gasteiger partial charge in [0.05, 0.1) is 0 Å². The maximum absolute atomic E-state index is 12.7. The number of benzene rings is 1. The molecule has 1 atom stereocenters.